The summed E-state index contributed by atoms with van der Waals surface area (Å²) in [5, 5.41) is 8.88. The van der Waals surface area contributed by atoms with Crippen LogP contribution in [-0.2, 0) is 9.59 Å². The zero-order chi connectivity index (χ0) is 15.4. The van der Waals surface area contributed by atoms with Gasteiger partial charge >= 0.3 is 5.97 Å². The van der Waals surface area contributed by atoms with Crippen molar-refractivity contribution in [2.45, 2.75) is 84.6 Å². The minimum atomic E-state index is -0.932. The van der Waals surface area contributed by atoms with Gasteiger partial charge in [-0.15, -0.1) is 0 Å². The molecule has 4 heteroatoms. The van der Waals surface area contributed by atoms with Crippen LogP contribution in [0.5, 0.6) is 0 Å². The fourth-order valence-electron chi connectivity index (χ4n) is 2.23. The minimum Gasteiger partial charge on any atom is -0.480 e. The van der Waals surface area contributed by atoms with E-state index in [1.165, 1.54) is 37.0 Å². The van der Waals surface area contributed by atoms with Crippen molar-refractivity contribution in [2.24, 2.45) is 0 Å². The van der Waals surface area contributed by atoms with Gasteiger partial charge in [0.25, 0.3) is 0 Å². The van der Waals surface area contributed by atoms with Gasteiger partial charge in [0, 0.05) is 12.5 Å². The minimum absolute atomic E-state index is 0.00292. The number of hydrogen-bond donors (Lipinski definition) is 1. The first-order chi connectivity index (χ1) is 9.52. The van der Waals surface area contributed by atoms with E-state index in [2.05, 4.69) is 6.92 Å². The highest BCUT2D eigenvalue weighted by atomic mass is 16.4. The van der Waals surface area contributed by atoms with Crippen molar-refractivity contribution in [2.75, 3.05) is 6.54 Å². The highest BCUT2D eigenvalue weighted by Gasteiger charge is 2.20. The van der Waals surface area contributed by atoms with Gasteiger partial charge in [-0.2, -0.15) is 0 Å². The van der Waals surface area contributed by atoms with Crippen molar-refractivity contribution >= 4 is 11.9 Å². The summed E-state index contributed by atoms with van der Waals surface area (Å²) < 4.78 is 0. The van der Waals surface area contributed by atoms with Crippen molar-refractivity contribution in [1.82, 2.24) is 4.90 Å². The Morgan fingerprint density at radius 1 is 1.00 bits per heavy atom. The maximum Gasteiger partial charge on any atom is 0.323 e. The maximum atomic E-state index is 12.1. The maximum absolute atomic E-state index is 12.1. The van der Waals surface area contributed by atoms with Crippen LogP contribution in [0.25, 0.3) is 0 Å². The number of carboxylic acid groups (broad SMARTS) is 1. The Balaban J connectivity index is 3.92. The summed E-state index contributed by atoms with van der Waals surface area (Å²) in [7, 11) is 0. The van der Waals surface area contributed by atoms with Crippen LogP contribution >= 0.6 is 0 Å². The molecule has 0 aliphatic rings. The van der Waals surface area contributed by atoms with Crippen molar-refractivity contribution < 1.29 is 14.7 Å². The summed E-state index contributed by atoms with van der Waals surface area (Å²) in [6.45, 7) is 5.90. The number of hydrogen-bond acceptors (Lipinski definition) is 2. The van der Waals surface area contributed by atoms with Gasteiger partial charge in [-0.3, -0.25) is 9.59 Å². The van der Waals surface area contributed by atoms with Crippen molar-refractivity contribution in [3.05, 3.63) is 0 Å². The molecule has 0 saturated heterocycles. The van der Waals surface area contributed by atoms with Crippen LogP contribution in [0.4, 0.5) is 0 Å². The van der Waals surface area contributed by atoms with E-state index in [1.807, 2.05) is 13.8 Å². The molecule has 20 heavy (non-hydrogen) atoms. The van der Waals surface area contributed by atoms with Crippen molar-refractivity contribution in [1.29, 1.82) is 0 Å². The lowest BCUT2D eigenvalue weighted by atomic mass is 10.1. The summed E-state index contributed by atoms with van der Waals surface area (Å²) in [6, 6.07) is 0.00292. The molecule has 0 heterocycles. The van der Waals surface area contributed by atoms with Gasteiger partial charge in [0.15, 0.2) is 0 Å². The Labute approximate surface area is 123 Å². The normalized spacial score (nSPS) is 12.2. The molecule has 0 aliphatic heterocycles. The molecule has 0 aromatic rings. The van der Waals surface area contributed by atoms with Gasteiger partial charge in [0.05, 0.1) is 0 Å². The Morgan fingerprint density at radius 3 is 2.05 bits per heavy atom. The molecule has 0 aliphatic carbocycles. The fraction of sp³-hybridized carbons (Fsp3) is 0.875. The molecule has 1 unspecified atom stereocenters. The third-order valence-electron chi connectivity index (χ3n) is 3.74. The Kier molecular flexibility index (Phi) is 11.1. The molecule has 4 nitrogen and oxygen atoms in total. The van der Waals surface area contributed by atoms with Crippen LogP contribution in [-0.4, -0.2) is 34.5 Å². The highest BCUT2D eigenvalue weighted by Crippen LogP contribution is 2.11. The van der Waals surface area contributed by atoms with Crippen molar-refractivity contribution in [3.63, 3.8) is 0 Å². The van der Waals surface area contributed by atoms with Gasteiger partial charge in [0.2, 0.25) is 5.91 Å². The van der Waals surface area contributed by atoms with Gasteiger partial charge in [-0.25, -0.2) is 0 Å². The lowest BCUT2D eigenvalue weighted by Crippen LogP contribution is -2.41. The third-order valence-corrected chi connectivity index (χ3v) is 3.74. The molecular weight excluding hydrogens is 254 g/mol. The molecule has 118 valence electrons. The van der Waals surface area contributed by atoms with Crippen LogP contribution < -0.4 is 0 Å². The largest absolute Gasteiger partial charge is 0.480 e. The quantitative estimate of drug-likeness (QED) is 0.554. The molecule has 0 radical (unpaired) electrons. The topological polar surface area (TPSA) is 57.6 Å². The number of carboxylic acids is 1. The number of aliphatic carboxylic acids is 1. The summed E-state index contributed by atoms with van der Waals surface area (Å²) in [6.07, 6.45) is 9.44. The van der Waals surface area contributed by atoms with Gasteiger partial charge < -0.3 is 10.0 Å². The first kappa shape index (κ1) is 18.9. The second-order valence-corrected chi connectivity index (χ2v) is 5.54. The number of amides is 1. The van der Waals surface area contributed by atoms with E-state index in [9.17, 15) is 9.59 Å². The van der Waals surface area contributed by atoms with E-state index in [4.69, 9.17) is 5.11 Å². The standard InChI is InChI=1S/C16H31NO3/c1-4-6-7-8-9-10-11-12-15(18)17(13-16(19)20)14(3)5-2/h14H,4-13H2,1-3H3,(H,19,20). The monoisotopic (exact) mass is 285 g/mol. The predicted octanol–water partition coefficient (Wildman–Crippen LogP) is 3.84. The fourth-order valence-corrected chi connectivity index (χ4v) is 2.23. The number of unbranched alkanes of at least 4 members (excludes halogenated alkanes) is 6. The van der Waals surface area contributed by atoms with E-state index < -0.39 is 5.97 Å². The summed E-state index contributed by atoms with van der Waals surface area (Å²) in [5.41, 5.74) is 0. The number of nitrogens with zero attached hydrogens (tertiary/aromatic N) is 1. The number of carbonyl (C=O) groups excluding carboxylic acids is 1. The molecule has 0 saturated carbocycles. The van der Waals surface area contributed by atoms with E-state index in [1.54, 1.807) is 0 Å². The molecule has 0 spiro atoms. The lowest BCUT2D eigenvalue weighted by Gasteiger charge is -2.27. The number of rotatable bonds is 12. The Hall–Kier alpha value is -1.06. The SMILES string of the molecule is CCCCCCCCCC(=O)N(CC(=O)O)C(C)CC. The Morgan fingerprint density at radius 2 is 1.55 bits per heavy atom. The van der Waals surface area contributed by atoms with Crippen LogP contribution in [0.15, 0.2) is 0 Å². The highest BCUT2D eigenvalue weighted by molar-refractivity contribution is 5.81. The summed E-state index contributed by atoms with van der Waals surface area (Å²) >= 11 is 0. The van der Waals surface area contributed by atoms with E-state index in [-0.39, 0.29) is 18.5 Å². The molecule has 0 rings (SSSR count). The second-order valence-electron chi connectivity index (χ2n) is 5.54. The molecule has 0 aromatic carbocycles. The lowest BCUT2D eigenvalue weighted by molar-refractivity contribution is -0.146. The van der Waals surface area contributed by atoms with Crippen molar-refractivity contribution in [3.8, 4) is 0 Å². The molecule has 0 aromatic heterocycles. The van der Waals surface area contributed by atoms with Gasteiger partial charge in [-0.05, 0) is 19.8 Å². The van der Waals surface area contributed by atoms with E-state index in [0.29, 0.717) is 6.42 Å². The van der Waals surface area contributed by atoms with Crippen LogP contribution in [0, 0.1) is 0 Å². The Bertz CT molecular complexity index is 279. The summed E-state index contributed by atoms with van der Waals surface area (Å²) in [5.74, 6) is -0.950. The molecule has 0 bridgehead atoms. The second kappa shape index (κ2) is 11.7. The van der Waals surface area contributed by atoms with E-state index >= 15 is 0 Å². The number of carbonyl (C=O) groups is 2. The molecule has 0 fully saturated rings. The average molecular weight is 285 g/mol. The first-order valence-electron chi connectivity index (χ1n) is 8.04. The predicted molar refractivity (Wildman–Crippen MR) is 81.7 cm³/mol. The molecule has 1 atom stereocenters. The smallest absolute Gasteiger partial charge is 0.323 e. The van der Waals surface area contributed by atoms with Gasteiger partial charge in [0.1, 0.15) is 6.54 Å². The summed E-state index contributed by atoms with van der Waals surface area (Å²) in [4.78, 5) is 24.4. The zero-order valence-electron chi connectivity index (χ0n) is 13.4. The zero-order valence-corrected chi connectivity index (χ0v) is 13.4. The molecular formula is C16H31NO3. The molecule has 1 amide bonds. The van der Waals surface area contributed by atoms with Crippen LogP contribution in [0.1, 0.15) is 78.6 Å². The van der Waals surface area contributed by atoms with Gasteiger partial charge in [-0.1, -0.05) is 52.4 Å². The first-order valence-corrected chi connectivity index (χ1v) is 8.04. The third kappa shape index (κ3) is 8.94. The van der Waals surface area contributed by atoms with E-state index in [0.717, 1.165) is 19.3 Å². The molecule has 1 N–H and O–H groups in total. The van der Waals surface area contributed by atoms with Crippen LogP contribution in [0.3, 0.4) is 0 Å². The van der Waals surface area contributed by atoms with Crippen LogP contribution in [0.2, 0.25) is 0 Å². The average Bonchev–Trinajstić information content (AvgIpc) is 2.42.